The highest BCUT2D eigenvalue weighted by atomic mass is 16.2. The van der Waals surface area contributed by atoms with Crippen LogP contribution in [0.5, 0.6) is 0 Å². The molecule has 1 aliphatic heterocycles. The average Bonchev–Trinajstić information content (AvgIpc) is 2.71. The molecule has 0 unspecified atom stereocenters. The monoisotopic (exact) mass is 280 g/mol. The van der Waals surface area contributed by atoms with Gasteiger partial charge in [0.1, 0.15) is 0 Å². The molecule has 3 rings (SSSR count). The molecule has 1 heterocycles. The lowest BCUT2D eigenvalue weighted by molar-refractivity contribution is -0.114. The number of imide groups is 1. The van der Waals surface area contributed by atoms with Crippen LogP contribution >= 0.6 is 0 Å². The van der Waals surface area contributed by atoms with Crippen LogP contribution in [0, 0.1) is 0 Å². The molecule has 5 heteroatoms. The maximum Gasteiger partial charge on any atom is 0.266 e. The van der Waals surface area contributed by atoms with Crippen molar-refractivity contribution < 1.29 is 14.4 Å². The van der Waals surface area contributed by atoms with E-state index in [1.807, 2.05) is 6.07 Å². The van der Waals surface area contributed by atoms with E-state index in [-0.39, 0.29) is 17.7 Å². The summed E-state index contributed by atoms with van der Waals surface area (Å²) < 4.78 is 0. The number of amides is 3. The molecule has 0 aromatic heterocycles. The Hall–Kier alpha value is -2.95. The third kappa shape index (κ3) is 2.18. The summed E-state index contributed by atoms with van der Waals surface area (Å²) in [7, 11) is 0. The first-order valence-electron chi connectivity index (χ1n) is 6.43. The predicted molar refractivity (Wildman–Crippen MR) is 78.3 cm³/mol. The van der Waals surface area contributed by atoms with Gasteiger partial charge in [0.2, 0.25) is 5.91 Å². The van der Waals surface area contributed by atoms with Gasteiger partial charge in [-0.15, -0.1) is 0 Å². The van der Waals surface area contributed by atoms with Crippen LogP contribution in [0.3, 0.4) is 0 Å². The minimum absolute atomic E-state index is 0.230. The van der Waals surface area contributed by atoms with Crippen molar-refractivity contribution >= 4 is 29.1 Å². The lowest BCUT2D eigenvalue weighted by Crippen LogP contribution is -2.29. The zero-order valence-electron chi connectivity index (χ0n) is 11.3. The normalized spacial score (nSPS) is 13.3. The van der Waals surface area contributed by atoms with Crippen molar-refractivity contribution in [2.75, 3.05) is 10.2 Å². The Balaban J connectivity index is 2.02. The van der Waals surface area contributed by atoms with E-state index >= 15 is 0 Å². The fourth-order valence-corrected chi connectivity index (χ4v) is 2.33. The van der Waals surface area contributed by atoms with Crippen LogP contribution in [-0.4, -0.2) is 17.7 Å². The smallest absolute Gasteiger partial charge is 0.266 e. The Morgan fingerprint density at radius 2 is 1.62 bits per heavy atom. The molecule has 1 N–H and O–H groups in total. The number of rotatable bonds is 2. The van der Waals surface area contributed by atoms with Crippen molar-refractivity contribution in [2.45, 2.75) is 6.92 Å². The largest absolute Gasteiger partial charge is 0.326 e. The summed E-state index contributed by atoms with van der Waals surface area (Å²) in [5.41, 5.74) is 1.68. The molecule has 104 valence electrons. The summed E-state index contributed by atoms with van der Waals surface area (Å²) >= 11 is 0. The number of nitrogens with zero attached hydrogens (tertiary/aromatic N) is 1. The minimum Gasteiger partial charge on any atom is -0.326 e. The fraction of sp³-hybridized carbons (Fsp3) is 0.0625. The maximum atomic E-state index is 12.4. The van der Waals surface area contributed by atoms with Crippen LogP contribution in [0.15, 0.2) is 48.5 Å². The summed E-state index contributed by atoms with van der Waals surface area (Å²) in [4.78, 5) is 37.0. The Morgan fingerprint density at radius 1 is 0.952 bits per heavy atom. The molecule has 1 aliphatic rings. The van der Waals surface area contributed by atoms with Crippen LogP contribution < -0.4 is 10.2 Å². The first kappa shape index (κ1) is 13.1. The minimum atomic E-state index is -0.381. The van der Waals surface area contributed by atoms with Crippen LogP contribution in [0.2, 0.25) is 0 Å². The number of para-hydroxylation sites is 1. The molecule has 2 aromatic carbocycles. The van der Waals surface area contributed by atoms with Gasteiger partial charge in [0.05, 0.1) is 16.8 Å². The molecule has 5 nitrogen and oxygen atoms in total. The number of anilines is 2. The first-order chi connectivity index (χ1) is 10.1. The Labute approximate surface area is 121 Å². The van der Waals surface area contributed by atoms with E-state index in [1.165, 1.54) is 13.0 Å². The Bertz CT molecular complexity index is 753. The number of fused-ring (bicyclic) bond motifs is 1. The van der Waals surface area contributed by atoms with Gasteiger partial charge in [0, 0.05) is 12.6 Å². The lowest BCUT2D eigenvalue weighted by atomic mass is 10.1. The van der Waals surface area contributed by atoms with Crippen LogP contribution in [0.25, 0.3) is 0 Å². The molecule has 21 heavy (non-hydrogen) atoms. The number of carbonyl (C=O) groups excluding carboxylic acids is 3. The van der Waals surface area contributed by atoms with Crippen LogP contribution in [-0.2, 0) is 4.79 Å². The molecule has 0 atom stereocenters. The summed E-state index contributed by atoms with van der Waals surface area (Å²) in [6, 6.07) is 13.5. The number of carbonyl (C=O) groups is 3. The second kappa shape index (κ2) is 4.86. The molecular weight excluding hydrogens is 268 g/mol. The second-order valence-corrected chi connectivity index (χ2v) is 4.72. The van der Waals surface area contributed by atoms with E-state index in [4.69, 9.17) is 0 Å². The first-order valence-corrected chi connectivity index (χ1v) is 6.43. The standard InChI is InChI=1S/C16H12N2O3/c1-10(19)17-11-7-8-13-14(9-11)16(21)18(15(13)20)12-5-3-2-4-6-12/h2-9H,1H3,(H,17,19). The zero-order chi connectivity index (χ0) is 15.0. The second-order valence-electron chi connectivity index (χ2n) is 4.72. The van der Waals surface area contributed by atoms with E-state index in [2.05, 4.69) is 5.32 Å². The van der Waals surface area contributed by atoms with E-state index in [0.717, 1.165) is 4.90 Å². The number of benzene rings is 2. The molecule has 0 fully saturated rings. The predicted octanol–water partition coefficient (Wildman–Crippen LogP) is 2.45. The SMILES string of the molecule is CC(=O)Nc1ccc2c(c1)C(=O)N(c1ccccc1)C2=O. The van der Waals surface area contributed by atoms with Crippen LogP contribution in [0.4, 0.5) is 11.4 Å². The highest BCUT2D eigenvalue weighted by Gasteiger charge is 2.36. The molecule has 0 saturated carbocycles. The summed E-state index contributed by atoms with van der Waals surface area (Å²) in [5, 5.41) is 2.60. The molecule has 0 radical (unpaired) electrons. The fourth-order valence-electron chi connectivity index (χ4n) is 2.33. The van der Waals surface area contributed by atoms with Crippen molar-refractivity contribution in [1.82, 2.24) is 0 Å². The van der Waals surface area contributed by atoms with E-state index < -0.39 is 0 Å². The maximum absolute atomic E-state index is 12.4. The van der Waals surface area contributed by atoms with E-state index in [1.54, 1.807) is 36.4 Å². The van der Waals surface area contributed by atoms with Crippen molar-refractivity contribution in [3.8, 4) is 0 Å². The summed E-state index contributed by atoms with van der Waals surface area (Å²) in [6.45, 7) is 1.39. The van der Waals surface area contributed by atoms with E-state index in [0.29, 0.717) is 22.5 Å². The van der Waals surface area contributed by atoms with Gasteiger partial charge in [-0.2, -0.15) is 0 Å². The van der Waals surface area contributed by atoms with Gasteiger partial charge in [-0.1, -0.05) is 18.2 Å². The third-order valence-corrected chi connectivity index (χ3v) is 3.22. The highest BCUT2D eigenvalue weighted by Crippen LogP contribution is 2.29. The van der Waals surface area contributed by atoms with Crippen molar-refractivity contribution in [3.63, 3.8) is 0 Å². The average molecular weight is 280 g/mol. The van der Waals surface area contributed by atoms with Crippen molar-refractivity contribution in [3.05, 3.63) is 59.7 Å². The molecule has 0 spiro atoms. The van der Waals surface area contributed by atoms with Gasteiger partial charge in [0.15, 0.2) is 0 Å². The molecular formula is C16H12N2O3. The number of nitrogens with one attached hydrogen (secondary N) is 1. The van der Waals surface area contributed by atoms with Crippen molar-refractivity contribution in [1.29, 1.82) is 0 Å². The molecule has 0 bridgehead atoms. The van der Waals surface area contributed by atoms with Gasteiger partial charge in [-0.25, -0.2) is 4.90 Å². The lowest BCUT2D eigenvalue weighted by Gasteiger charge is -2.13. The molecule has 2 aromatic rings. The molecule has 0 saturated heterocycles. The number of hydrogen-bond donors (Lipinski definition) is 1. The Morgan fingerprint density at radius 3 is 2.29 bits per heavy atom. The van der Waals surface area contributed by atoms with Gasteiger partial charge in [0.25, 0.3) is 11.8 Å². The van der Waals surface area contributed by atoms with Gasteiger partial charge < -0.3 is 5.32 Å². The molecule has 3 amide bonds. The number of hydrogen-bond acceptors (Lipinski definition) is 3. The van der Waals surface area contributed by atoms with Gasteiger partial charge >= 0.3 is 0 Å². The van der Waals surface area contributed by atoms with Crippen LogP contribution in [0.1, 0.15) is 27.6 Å². The van der Waals surface area contributed by atoms with Gasteiger partial charge in [-0.3, -0.25) is 14.4 Å². The zero-order valence-corrected chi connectivity index (χ0v) is 11.3. The topological polar surface area (TPSA) is 66.5 Å². The quantitative estimate of drug-likeness (QED) is 0.859. The summed E-state index contributed by atoms with van der Waals surface area (Å²) in [5.74, 6) is -0.962. The third-order valence-electron chi connectivity index (χ3n) is 3.22. The Kier molecular flexibility index (Phi) is 3.02. The summed E-state index contributed by atoms with van der Waals surface area (Å²) in [6.07, 6.45) is 0. The van der Waals surface area contributed by atoms with E-state index in [9.17, 15) is 14.4 Å². The van der Waals surface area contributed by atoms with Crippen molar-refractivity contribution in [2.24, 2.45) is 0 Å². The van der Waals surface area contributed by atoms with Gasteiger partial charge in [-0.05, 0) is 30.3 Å². The molecule has 0 aliphatic carbocycles. The highest BCUT2D eigenvalue weighted by molar-refractivity contribution is 6.34.